The van der Waals surface area contributed by atoms with E-state index in [-0.39, 0.29) is 12.1 Å². The lowest BCUT2D eigenvalue weighted by Gasteiger charge is -2.32. The molecule has 0 N–H and O–H groups in total. The van der Waals surface area contributed by atoms with Crippen LogP contribution in [0.3, 0.4) is 0 Å². The van der Waals surface area contributed by atoms with Crippen molar-refractivity contribution in [1.29, 1.82) is 0 Å². The maximum absolute atomic E-state index is 11.7. The molecule has 0 radical (unpaired) electrons. The van der Waals surface area contributed by atoms with E-state index in [1.807, 2.05) is 20.8 Å². The lowest BCUT2D eigenvalue weighted by molar-refractivity contribution is -0.209. The highest BCUT2D eigenvalue weighted by atomic mass is 16.7. The second kappa shape index (κ2) is 7.07. The fourth-order valence-electron chi connectivity index (χ4n) is 1.64. The van der Waals surface area contributed by atoms with E-state index in [4.69, 9.17) is 14.3 Å². The summed E-state index contributed by atoms with van der Waals surface area (Å²) in [6, 6.07) is 0. The first kappa shape index (κ1) is 15.4. The molecule has 0 atom stereocenters. The van der Waals surface area contributed by atoms with E-state index in [1.165, 1.54) is 0 Å². The van der Waals surface area contributed by atoms with Crippen molar-refractivity contribution in [3.05, 3.63) is 0 Å². The third-order valence-corrected chi connectivity index (χ3v) is 2.87. The first-order valence-electron chi connectivity index (χ1n) is 6.51. The first-order chi connectivity index (χ1) is 8.43. The molecule has 5 nitrogen and oxygen atoms in total. The van der Waals surface area contributed by atoms with Crippen molar-refractivity contribution in [3.8, 4) is 0 Å². The van der Waals surface area contributed by atoms with Crippen LogP contribution >= 0.6 is 0 Å². The van der Waals surface area contributed by atoms with E-state index in [1.54, 1.807) is 12.2 Å². The molecule has 1 fully saturated rings. The molecule has 0 bridgehead atoms. The Morgan fingerprint density at radius 1 is 1.22 bits per heavy atom. The fourth-order valence-corrected chi connectivity index (χ4v) is 1.64. The summed E-state index contributed by atoms with van der Waals surface area (Å²) in [5.41, 5.74) is -0.453. The van der Waals surface area contributed by atoms with Gasteiger partial charge >= 0.3 is 5.97 Å². The van der Waals surface area contributed by atoms with Gasteiger partial charge in [-0.3, -0.25) is 0 Å². The topological polar surface area (TPSA) is 48.0 Å². The zero-order valence-electron chi connectivity index (χ0n) is 11.9. The van der Waals surface area contributed by atoms with Gasteiger partial charge in [-0.05, 0) is 33.6 Å². The summed E-state index contributed by atoms with van der Waals surface area (Å²) in [4.78, 5) is 17.1. The molecule has 106 valence electrons. The number of carbonyl (C=O) groups is 1. The molecule has 1 saturated heterocycles. The van der Waals surface area contributed by atoms with E-state index in [2.05, 4.69) is 0 Å². The molecular weight excluding hydrogens is 234 g/mol. The third kappa shape index (κ3) is 5.33. The monoisotopic (exact) mass is 259 g/mol. The Bertz CT molecular complexity index is 254. The summed E-state index contributed by atoms with van der Waals surface area (Å²) in [7, 11) is 1.66. The van der Waals surface area contributed by atoms with Crippen molar-refractivity contribution in [3.63, 3.8) is 0 Å². The molecule has 18 heavy (non-hydrogen) atoms. The van der Waals surface area contributed by atoms with Crippen molar-refractivity contribution < 1.29 is 19.1 Å². The van der Waals surface area contributed by atoms with Crippen molar-refractivity contribution >= 4 is 5.97 Å². The standard InChI is InChI=1S/C13H25NO4/c1-13(2,3)12(15)18-14-7-5-11(6-8-14)17-10-9-16-4/h11H,5-10H2,1-4H3. The molecule has 5 heteroatoms. The number of hydroxylamine groups is 2. The van der Waals surface area contributed by atoms with Crippen LogP contribution in [-0.4, -0.2) is 50.5 Å². The molecule has 0 aromatic carbocycles. The second-order valence-electron chi connectivity index (χ2n) is 5.62. The predicted octanol–water partition coefficient (Wildman–Crippen LogP) is 1.62. The molecule has 0 spiro atoms. The average molecular weight is 259 g/mol. The van der Waals surface area contributed by atoms with Crippen molar-refractivity contribution in [1.82, 2.24) is 5.06 Å². The van der Waals surface area contributed by atoms with Gasteiger partial charge in [0, 0.05) is 20.2 Å². The Kier molecular flexibility index (Phi) is 6.05. The molecule has 0 amide bonds. The number of rotatable bonds is 5. The zero-order chi connectivity index (χ0) is 13.6. The highest BCUT2D eigenvalue weighted by Gasteiger charge is 2.28. The van der Waals surface area contributed by atoms with E-state index in [9.17, 15) is 4.79 Å². The highest BCUT2D eigenvalue weighted by molar-refractivity contribution is 5.75. The maximum Gasteiger partial charge on any atom is 0.330 e. The Morgan fingerprint density at radius 3 is 2.33 bits per heavy atom. The summed E-state index contributed by atoms with van der Waals surface area (Å²) in [6.45, 7) is 8.29. The zero-order valence-corrected chi connectivity index (χ0v) is 11.9. The Labute approximate surface area is 109 Å². The van der Waals surface area contributed by atoms with E-state index >= 15 is 0 Å². The van der Waals surface area contributed by atoms with Gasteiger partial charge in [0.05, 0.1) is 24.7 Å². The summed E-state index contributed by atoms with van der Waals surface area (Å²) >= 11 is 0. The molecule has 1 rings (SSSR count). The number of hydrogen-bond acceptors (Lipinski definition) is 5. The van der Waals surface area contributed by atoms with Gasteiger partial charge in [-0.1, -0.05) is 0 Å². The lowest BCUT2D eigenvalue weighted by Crippen LogP contribution is -2.41. The van der Waals surface area contributed by atoms with Gasteiger partial charge in [0.25, 0.3) is 0 Å². The van der Waals surface area contributed by atoms with E-state index < -0.39 is 5.41 Å². The molecule has 0 aliphatic carbocycles. The number of carbonyl (C=O) groups excluding carboxylic acids is 1. The number of nitrogens with zero attached hydrogens (tertiary/aromatic N) is 1. The minimum atomic E-state index is -0.453. The molecular formula is C13H25NO4. The van der Waals surface area contributed by atoms with Crippen molar-refractivity contribution in [2.24, 2.45) is 5.41 Å². The predicted molar refractivity (Wildman–Crippen MR) is 68.0 cm³/mol. The minimum Gasteiger partial charge on any atom is -0.382 e. The van der Waals surface area contributed by atoms with Crippen LogP contribution in [-0.2, 0) is 19.1 Å². The first-order valence-corrected chi connectivity index (χ1v) is 6.51. The van der Waals surface area contributed by atoms with Gasteiger partial charge in [0.15, 0.2) is 0 Å². The van der Waals surface area contributed by atoms with Crippen LogP contribution in [0.5, 0.6) is 0 Å². The van der Waals surface area contributed by atoms with Crippen LogP contribution in [0.2, 0.25) is 0 Å². The number of hydrogen-bond donors (Lipinski definition) is 0. The molecule has 1 aliphatic rings. The molecule has 0 saturated carbocycles. The van der Waals surface area contributed by atoms with E-state index in [0.29, 0.717) is 13.2 Å². The summed E-state index contributed by atoms with van der Waals surface area (Å²) in [6.07, 6.45) is 2.03. The molecule has 1 heterocycles. The molecule has 0 unspecified atom stereocenters. The van der Waals surface area contributed by atoms with Crippen LogP contribution < -0.4 is 0 Å². The smallest absolute Gasteiger partial charge is 0.330 e. The highest BCUT2D eigenvalue weighted by Crippen LogP contribution is 2.19. The maximum atomic E-state index is 11.7. The molecule has 0 aromatic rings. The molecule has 1 aliphatic heterocycles. The Balaban J connectivity index is 2.21. The third-order valence-electron chi connectivity index (χ3n) is 2.87. The summed E-state index contributed by atoms with van der Waals surface area (Å²) in [5.74, 6) is -0.179. The van der Waals surface area contributed by atoms with Crippen LogP contribution in [0.25, 0.3) is 0 Å². The summed E-state index contributed by atoms with van der Waals surface area (Å²) < 4.78 is 10.6. The lowest BCUT2D eigenvalue weighted by atomic mass is 9.98. The Morgan fingerprint density at radius 2 is 1.83 bits per heavy atom. The van der Waals surface area contributed by atoms with Crippen LogP contribution in [0.1, 0.15) is 33.6 Å². The van der Waals surface area contributed by atoms with Crippen molar-refractivity contribution in [2.45, 2.75) is 39.7 Å². The normalized spacial score (nSPS) is 18.9. The molecule has 0 aromatic heterocycles. The number of methoxy groups -OCH3 is 1. The number of ether oxygens (including phenoxy) is 2. The minimum absolute atomic E-state index is 0.179. The van der Waals surface area contributed by atoms with Crippen molar-refractivity contribution in [2.75, 3.05) is 33.4 Å². The van der Waals surface area contributed by atoms with Gasteiger partial charge in [-0.25, -0.2) is 4.79 Å². The van der Waals surface area contributed by atoms with Crippen LogP contribution in [0, 0.1) is 5.41 Å². The SMILES string of the molecule is COCCOC1CCN(OC(=O)C(C)(C)C)CC1. The van der Waals surface area contributed by atoms with Gasteiger partial charge < -0.3 is 14.3 Å². The van der Waals surface area contributed by atoms with Crippen LogP contribution in [0.4, 0.5) is 0 Å². The van der Waals surface area contributed by atoms with Gasteiger partial charge in [0.1, 0.15) is 0 Å². The Hall–Kier alpha value is -0.650. The quantitative estimate of drug-likeness (QED) is 0.702. The number of piperidine rings is 1. The average Bonchev–Trinajstić information content (AvgIpc) is 2.30. The second-order valence-corrected chi connectivity index (χ2v) is 5.62. The van der Waals surface area contributed by atoms with Gasteiger partial charge in [-0.2, -0.15) is 0 Å². The summed E-state index contributed by atoms with van der Waals surface area (Å²) in [5, 5.41) is 1.74. The van der Waals surface area contributed by atoms with Crippen LogP contribution in [0.15, 0.2) is 0 Å². The van der Waals surface area contributed by atoms with Gasteiger partial charge in [0.2, 0.25) is 0 Å². The largest absolute Gasteiger partial charge is 0.382 e. The fraction of sp³-hybridized carbons (Fsp3) is 0.923. The van der Waals surface area contributed by atoms with Gasteiger partial charge in [-0.15, -0.1) is 5.06 Å². The van der Waals surface area contributed by atoms with E-state index in [0.717, 1.165) is 25.9 Å².